The van der Waals surface area contributed by atoms with E-state index in [-0.39, 0.29) is 12.5 Å². The summed E-state index contributed by atoms with van der Waals surface area (Å²) in [6.07, 6.45) is 1.52. The van der Waals surface area contributed by atoms with Gasteiger partial charge in [0, 0.05) is 5.02 Å². The third kappa shape index (κ3) is 5.67. The van der Waals surface area contributed by atoms with Crippen LogP contribution in [-0.4, -0.2) is 18.7 Å². The van der Waals surface area contributed by atoms with Crippen molar-refractivity contribution in [1.29, 1.82) is 0 Å². The van der Waals surface area contributed by atoms with Crippen LogP contribution in [0.5, 0.6) is 5.75 Å². The number of hydrogen-bond donors (Lipinski definition) is 1. The van der Waals surface area contributed by atoms with Gasteiger partial charge in [-0.25, -0.2) is 5.43 Å². The highest BCUT2D eigenvalue weighted by atomic mass is 79.9. The summed E-state index contributed by atoms with van der Waals surface area (Å²) in [6, 6.07) is 22.9. The van der Waals surface area contributed by atoms with Crippen molar-refractivity contribution in [3.05, 3.63) is 87.9 Å². The molecule has 0 heterocycles. The van der Waals surface area contributed by atoms with Gasteiger partial charge >= 0.3 is 0 Å². The molecule has 0 aliphatic rings. The molecular formula is C21H16BrClN2O2. The Bertz CT molecular complexity index is 961. The molecule has 0 aromatic heterocycles. The number of carbonyl (C=O) groups is 1. The smallest absolute Gasteiger partial charge is 0.277 e. The van der Waals surface area contributed by atoms with Crippen molar-refractivity contribution in [2.24, 2.45) is 5.10 Å². The van der Waals surface area contributed by atoms with Crippen LogP contribution in [0.15, 0.2) is 82.4 Å². The van der Waals surface area contributed by atoms with Gasteiger partial charge in [0.2, 0.25) is 0 Å². The Hall–Kier alpha value is -2.63. The topological polar surface area (TPSA) is 50.7 Å². The molecule has 6 heteroatoms. The fourth-order valence-electron chi connectivity index (χ4n) is 2.37. The van der Waals surface area contributed by atoms with E-state index in [4.69, 9.17) is 16.3 Å². The minimum absolute atomic E-state index is 0.143. The van der Waals surface area contributed by atoms with E-state index in [9.17, 15) is 4.79 Å². The lowest BCUT2D eigenvalue weighted by Crippen LogP contribution is -2.24. The van der Waals surface area contributed by atoms with Gasteiger partial charge in [0.25, 0.3) is 5.91 Å². The first-order valence-electron chi connectivity index (χ1n) is 8.17. The number of carbonyl (C=O) groups excluding carboxylic acids is 1. The fourth-order valence-corrected chi connectivity index (χ4v) is 3.06. The second-order valence-electron chi connectivity index (χ2n) is 5.65. The van der Waals surface area contributed by atoms with Gasteiger partial charge in [-0.15, -0.1) is 0 Å². The highest BCUT2D eigenvalue weighted by Gasteiger charge is 2.07. The summed E-state index contributed by atoms with van der Waals surface area (Å²) < 4.78 is 6.33. The standard InChI is InChI=1S/C21H16BrClN2O2/c22-19-12-17(16-6-2-1-3-7-16)9-10-20(19)27-14-21(26)25-24-13-15-5-4-8-18(23)11-15/h1-13H,14H2,(H,25,26)/b24-13+. The summed E-state index contributed by atoms with van der Waals surface area (Å²) in [7, 11) is 0. The van der Waals surface area contributed by atoms with Gasteiger partial charge in [0.1, 0.15) is 5.75 Å². The van der Waals surface area contributed by atoms with Crippen molar-refractivity contribution >= 4 is 39.7 Å². The molecule has 0 fully saturated rings. The lowest BCUT2D eigenvalue weighted by atomic mass is 10.1. The van der Waals surface area contributed by atoms with Crippen LogP contribution >= 0.6 is 27.5 Å². The lowest BCUT2D eigenvalue weighted by molar-refractivity contribution is -0.123. The summed E-state index contributed by atoms with van der Waals surface area (Å²) in [5, 5.41) is 4.50. The molecular weight excluding hydrogens is 428 g/mol. The number of hydrogen-bond acceptors (Lipinski definition) is 3. The number of nitrogens with zero attached hydrogens (tertiary/aromatic N) is 1. The molecule has 0 aliphatic heterocycles. The van der Waals surface area contributed by atoms with E-state index in [1.807, 2.05) is 60.7 Å². The largest absolute Gasteiger partial charge is 0.483 e. The third-order valence-corrected chi connectivity index (χ3v) is 4.50. The summed E-state index contributed by atoms with van der Waals surface area (Å²) >= 11 is 9.38. The number of hydrazone groups is 1. The van der Waals surface area contributed by atoms with Gasteiger partial charge < -0.3 is 4.74 Å². The van der Waals surface area contributed by atoms with Crippen molar-refractivity contribution in [3.63, 3.8) is 0 Å². The molecule has 4 nitrogen and oxygen atoms in total. The lowest BCUT2D eigenvalue weighted by Gasteiger charge is -2.09. The van der Waals surface area contributed by atoms with Crippen LogP contribution in [0.25, 0.3) is 11.1 Å². The second kappa shape index (κ2) is 9.35. The van der Waals surface area contributed by atoms with E-state index in [1.54, 1.807) is 12.1 Å². The number of amides is 1. The number of rotatable bonds is 6. The Balaban J connectivity index is 1.54. The van der Waals surface area contributed by atoms with Crippen LogP contribution in [0.4, 0.5) is 0 Å². The van der Waals surface area contributed by atoms with E-state index in [0.717, 1.165) is 21.2 Å². The van der Waals surface area contributed by atoms with Crippen LogP contribution in [0.2, 0.25) is 5.02 Å². The highest BCUT2D eigenvalue weighted by molar-refractivity contribution is 9.10. The maximum Gasteiger partial charge on any atom is 0.277 e. The van der Waals surface area contributed by atoms with Crippen molar-refractivity contribution in [2.75, 3.05) is 6.61 Å². The minimum atomic E-state index is -0.354. The predicted molar refractivity (Wildman–Crippen MR) is 112 cm³/mol. The Labute approximate surface area is 171 Å². The quantitative estimate of drug-likeness (QED) is 0.415. The molecule has 0 saturated carbocycles. The Kier molecular flexibility index (Phi) is 6.63. The van der Waals surface area contributed by atoms with Crippen molar-refractivity contribution < 1.29 is 9.53 Å². The molecule has 3 rings (SSSR count). The molecule has 0 spiro atoms. The average molecular weight is 444 g/mol. The molecule has 136 valence electrons. The SMILES string of the molecule is O=C(COc1ccc(-c2ccccc2)cc1Br)N/N=C/c1cccc(Cl)c1. The molecule has 3 aromatic carbocycles. The van der Waals surface area contributed by atoms with E-state index in [1.165, 1.54) is 6.21 Å². The summed E-state index contributed by atoms with van der Waals surface area (Å²) in [4.78, 5) is 11.9. The molecule has 0 saturated heterocycles. The van der Waals surface area contributed by atoms with Gasteiger partial charge in [0.15, 0.2) is 6.61 Å². The van der Waals surface area contributed by atoms with Gasteiger partial charge in [-0.3, -0.25) is 4.79 Å². The van der Waals surface area contributed by atoms with Crippen molar-refractivity contribution in [3.8, 4) is 16.9 Å². The molecule has 1 amide bonds. The van der Waals surface area contributed by atoms with Gasteiger partial charge in [-0.1, -0.05) is 60.1 Å². The molecule has 0 bridgehead atoms. The van der Waals surface area contributed by atoms with E-state index in [0.29, 0.717) is 10.8 Å². The normalized spacial score (nSPS) is 10.7. The number of nitrogens with one attached hydrogen (secondary N) is 1. The van der Waals surface area contributed by atoms with Crippen LogP contribution in [0, 0.1) is 0 Å². The van der Waals surface area contributed by atoms with Crippen LogP contribution in [0.3, 0.4) is 0 Å². The van der Waals surface area contributed by atoms with Gasteiger partial charge in [-0.2, -0.15) is 5.10 Å². The number of halogens is 2. The van der Waals surface area contributed by atoms with Crippen LogP contribution in [-0.2, 0) is 4.79 Å². The van der Waals surface area contributed by atoms with Crippen molar-refractivity contribution in [1.82, 2.24) is 5.43 Å². The second-order valence-corrected chi connectivity index (χ2v) is 6.94. The van der Waals surface area contributed by atoms with Gasteiger partial charge in [-0.05, 0) is 56.9 Å². The van der Waals surface area contributed by atoms with E-state index < -0.39 is 0 Å². The maximum absolute atomic E-state index is 11.9. The van der Waals surface area contributed by atoms with Crippen LogP contribution < -0.4 is 10.2 Å². The summed E-state index contributed by atoms with van der Waals surface area (Å²) in [5.74, 6) is 0.232. The minimum Gasteiger partial charge on any atom is -0.483 e. The average Bonchev–Trinajstić information content (AvgIpc) is 2.68. The van der Waals surface area contributed by atoms with Crippen LogP contribution in [0.1, 0.15) is 5.56 Å². The molecule has 27 heavy (non-hydrogen) atoms. The predicted octanol–water partition coefficient (Wildman–Crippen LogP) is 5.30. The molecule has 3 aromatic rings. The molecule has 0 radical (unpaired) electrons. The zero-order chi connectivity index (χ0) is 19.1. The molecule has 0 unspecified atom stereocenters. The van der Waals surface area contributed by atoms with E-state index >= 15 is 0 Å². The fraction of sp³-hybridized carbons (Fsp3) is 0.0476. The van der Waals surface area contributed by atoms with Gasteiger partial charge in [0.05, 0.1) is 10.7 Å². The molecule has 0 aliphatic carbocycles. The van der Waals surface area contributed by atoms with Crippen molar-refractivity contribution in [2.45, 2.75) is 0 Å². The Morgan fingerprint density at radius 1 is 1.04 bits per heavy atom. The Morgan fingerprint density at radius 2 is 1.85 bits per heavy atom. The van der Waals surface area contributed by atoms with E-state index in [2.05, 4.69) is 26.5 Å². The monoisotopic (exact) mass is 442 g/mol. The zero-order valence-electron chi connectivity index (χ0n) is 14.2. The molecule has 1 N–H and O–H groups in total. The number of benzene rings is 3. The first-order chi connectivity index (χ1) is 13.1. The summed E-state index contributed by atoms with van der Waals surface area (Å²) in [6.45, 7) is -0.143. The summed E-state index contributed by atoms with van der Waals surface area (Å²) in [5.41, 5.74) is 5.39. The third-order valence-electron chi connectivity index (χ3n) is 3.65. The first-order valence-corrected chi connectivity index (χ1v) is 9.34. The Morgan fingerprint density at radius 3 is 2.59 bits per heavy atom. The number of ether oxygens (including phenoxy) is 1. The zero-order valence-corrected chi connectivity index (χ0v) is 16.6. The molecule has 0 atom stereocenters. The maximum atomic E-state index is 11.9. The first kappa shape index (κ1) is 19.1. The highest BCUT2D eigenvalue weighted by Crippen LogP contribution is 2.30.